The van der Waals surface area contributed by atoms with E-state index in [0.29, 0.717) is 11.4 Å². The number of halogens is 1. The van der Waals surface area contributed by atoms with Gasteiger partial charge in [-0.15, -0.1) is 0 Å². The highest BCUT2D eigenvalue weighted by Gasteiger charge is 2.27. The predicted octanol–water partition coefficient (Wildman–Crippen LogP) is 1.87. The molecule has 0 saturated heterocycles. The Morgan fingerprint density at radius 3 is 3.00 bits per heavy atom. The van der Waals surface area contributed by atoms with Crippen molar-refractivity contribution in [2.75, 3.05) is 0 Å². The Balaban J connectivity index is 2.19. The van der Waals surface area contributed by atoms with Crippen LogP contribution in [0.2, 0.25) is 5.02 Å². The Bertz CT molecular complexity index is 430. The fourth-order valence-corrected chi connectivity index (χ4v) is 2.04. The van der Waals surface area contributed by atoms with Crippen LogP contribution in [0.4, 0.5) is 0 Å². The van der Waals surface area contributed by atoms with Gasteiger partial charge in [0.25, 0.3) is 0 Å². The first kappa shape index (κ1) is 11.2. The molecule has 1 heterocycles. The maximum absolute atomic E-state index is 8.81. The van der Waals surface area contributed by atoms with Gasteiger partial charge in [-0.2, -0.15) is 5.26 Å². The number of hydrogen-bond acceptors (Lipinski definition) is 4. The molecule has 0 aromatic carbocycles. The van der Waals surface area contributed by atoms with Crippen LogP contribution < -0.4 is 10.5 Å². The quantitative estimate of drug-likeness (QED) is 0.852. The summed E-state index contributed by atoms with van der Waals surface area (Å²) >= 11 is 5.98. The number of hydrogen-bond donors (Lipinski definition) is 1. The number of ether oxygens (including phenoxy) is 1. The molecule has 0 radical (unpaired) electrons. The lowest BCUT2D eigenvalue weighted by Crippen LogP contribution is -2.33. The molecule has 1 aliphatic rings. The summed E-state index contributed by atoms with van der Waals surface area (Å²) in [6.07, 6.45) is 4.40. The largest absolute Gasteiger partial charge is 0.472 e. The molecule has 2 rings (SSSR count). The zero-order valence-corrected chi connectivity index (χ0v) is 9.44. The van der Waals surface area contributed by atoms with Crippen LogP contribution in [0.1, 0.15) is 24.8 Å². The second-order valence-electron chi connectivity index (χ2n) is 3.84. The fraction of sp³-hybridized carbons (Fsp3) is 0.455. The summed E-state index contributed by atoms with van der Waals surface area (Å²) in [5, 5.41) is 9.08. The van der Waals surface area contributed by atoms with Crippen molar-refractivity contribution in [1.29, 1.82) is 5.26 Å². The van der Waals surface area contributed by atoms with E-state index in [0.717, 1.165) is 19.3 Å². The molecular weight excluding hydrogens is 226 g/mol. The van der Waals surface area contributed by atoms with Crippen LogP contribution in [-0.2, 0) is 0 Å². The number of aromatic nitrogens is 1. The Morgan fingerprint density at radius 1 is 1.56 bits per heavy atom. The van der Waals surface area contributed by atoms with Crippen LogP contribution in [0.15, 0.2) is 12.3 Å². The zero-order valence-electron chi connectivity index (χ0n) is 8.69. The highest BCUT2D eigenvalue weighted by Crippen LogP contribution is 2.29. The van der Waals surface area contributed by atoms with Gasteiger partial charge < -0.3 is 10.5 Å². The van der Waals surface area contributed by atoms with Crippen molar-refractivity contribution in [1.82, 2.24) is 4.98 Å². The van der Waals surface area contributed by atoms with E-state index < -0.39 is 0 Å². The summed E-state index contributed by atoms with van der Waals surface area (Å²) in [6, 6.07) is 3.58. The molecule has 2 N–H and O–H groups in total. The van der Waals surface area contributed by atoms with Gasteiger partial charge >= 0.3 is 0 Å². The average molecular weight is 238 g/mol. The SMILES string of the molecule is N#Cc1ccnc(OC2CCCC2N)c1Cl. The van der Waals surface area contributed by atoms with Gasteiger partial charge in [-0.1, -0.05) is 11.6 Å². The van der Waals surface area contributed by atoms with Gasteiger partial charge in [0, 0.05) is 12.2 Å². The molecule has 2 atom stereocenters. The van der Waals surface area contributed by atoms with E-state index in [-0.39, 0.29) is 17.2 Å². The predicted molar refractivity (Wildman–Crippen MR) is 60.2 cm³/mol. The van der Waals surface area contributed by atoms with Crippen molar-refractivity contribution in [2.24, 2.45) is 5.73 Å². The summed E-state index contributed by atoms with van der Waals surface area (Å²) in [4.78, 5) is 4.02. The zero-order chi connectivity index (χ0) is 11.5. The first-order chi connectivity index (χ1) is 7.72. The van der Waals surface area contributed by atoms with Gasteiger partial charge in [0.1, 0.15) is 17.2 Å². The lowest BCUT2D eigenvalue weighted by atomic mass is 10.2. The second-order valence-corrected chi connectivity index (χ2v) is 4.22. The van der Waals surface area contributed by atoms with E-state index in [1.54, 1.807) is 6.07 Å². The topological polar surface area (TPSA) is 71.9 Å². The van der Waals surface area contributed by atoms with Gasteiger partial charge in [-0.05, 0) is 25.3 Å². The summed E-state index contributed by atoms with van der Waals surface area (Å²) in [6.45, 7) is 0. The van der Waals surface area contributed by atoms with Crippen molar-refractivity contribution in [3.63, 3.8) is 0 Å². The number of nitriles is 1. The monoisotopic (exact) mass is 237 g/mol. The van der Waals surface area contributed by atoms with Crippen molar-refractivity contribution in [2.45, 2.75) is 31.4 Å². The molecule has 16 heavy (non-hydrogen) atoms. The Morgan fingerprint density at radius 2 is 2.38 bits per heavy atom. The van der Waals surface area contributed by atoms with Crippen molar-refractivity contribution in [3.05, 3.63) is 22.8 Å². The molecule has 84 valence electrons. The van der Waals surface area contributed by atoms with Crippen LogP contribution in [0, 0.1) is 11.3 Å². The Labute approximate surface area is 99.0 Å². The molecule has 5 heteroatoms. The van der Waals surface area contributed by atoms with E-state index in [1.807, 2.05) is 6.07 Å². The smallest absolute Gasteiger partial charge is 0.234 e. The Hall–Kier alpha value is -1.31. The number of rotatable bonds is 2. The van der Waals surface area contributed by atoms with E-state index in [2.05, 4.69) is 4.98 Å². The van der Waals surface area contributed by atoms with Crippen LogP contribution in [-0.4, -0.2) is 17.1 Å². The van der Waals surface area contributed by atoms with Crippen LogP contribution in [0.3, 0.4) is 0 Å². The molecule has 1 aliphatic carbocycles. The van der Waals surface area contributed by atoms with E-state index in [1.165, 1.54) is 6.20 Å². The van der Waals surface area contributed by atoms with Crippen molar-refractivity contribution < 1.29 is 4.74 Å². The summed E-state index contributed by atoms with van der Waals surface area (Å²) in [7, 11) is 0. The lowest BCUT2D eigenvalue weighted by Gasteiger charge is -2.17. The normalized spacial score (nSPS) is 24.1. The third-order valence-corrected chi connectivity index (χ3v) is 3.11. The summed E-state index contributed by atoms with van der Waals surface area (Å²) < 4.78 is 5.64. The summed E-state index contributed by atoms with van der Waals surface area (Å²) in [5.74, 6) is 0.308. The van der Waals surface area contributed by atoms with Crippen LogP contribution in [0.25, 0.3) is 0 Å². The van der Waals surface area contributed by atoms with Gasteiger partial charge in [0.15, 0.2) is 0 Å². The molecule has 1 saturated carbocycles. The summed E-state index contributed by atoms with van der Waals surface area (Å²) in [5.41, 5.74) is 6.26. The first-order valence-corrected chi connectivity index (χ1v) is 5.57. The molecule has 0 aliphatic heterocycles. The highest BCUT2D eigenvalue weighted by atomic mass is 35.5. The van der Waals surface area contributed by atoms with E-state index in [9.17, 15) is 0 Å². The molecule has 2 unspecified atom stereocenters. The van der Waals surface area contributed by atoms with Gasteiger partial charge in [-0.3, -0.25) is 0 Å². The van der Waals surface area contributed by atoms with Crippen LogP contribution in [0.5, 0.6) is 5.88 Å². The molecule has 1 aromatic heterocycles. The van der Waals surface area contributed by atoms with Gasteiger partial charge in [0.2, 0.25) is 5.88 Å². The number of nitrogens with zero attached hydrogens (tertiary/aromatic N) is 2. The second kappa shape index (κ2) is 4.69. The minimum atomic E-state index is -0.0426. The minimum absolute atomic E-state index is 0.0311. The molecule has 4 nitrogen and oxygen atoms in total. The molecule has 1 aromatic rings. The third-order valence-electron chi connectivity index (χ3n) is 2.74. The lowest BCUT2D eigenvalue weighted by molar-refractivity contribution is 0.184. The van der Waals surface area contributed by atoms with Crippen LogP contribution >= 0.6 is 11.6 Å². The standard InChI is InChI=1S/C11H12ClN3O/c12-10-7(6-13)4-5-15-11(10)16-9-3-1-2-8(9)14/h4-5,8-9H,1-3,14H2. The maximum Gasteiger partial charge on any atom is 0.234 e. The van der Waals surface area contributed by atoms with Gasteiger partial charge in [0.05, 0.1) is 5.56 Å². The third kappa shape index (κ3) is 2.11. The fourth-order valence-electron chi connectivity index (χ4n) is 1.84. The van der Waals surface area contributed by atoms with Crippen molar-refractivity contribution in [3.8, 4) is 11.9 Å². The molecular formula is C11H12ClN3O. The molecule has 1 fully saturated rings. The maximum atomic E-state index is 8.81. The number of pyridine rings is 1. The average Bonchev–Trinajstić information content (AvgIpc) is 2.68. The molecule has 0 spiro atoms. The first-order valence-electron chi connectivity index (χ1n) is 5.19. The van der Waals surface area contributed by atoms with E-state index >= 15 is 0 Å². The van der Waals surface area contributed by atoms with E-state index in [4.69, 9.17) is 27.3 Å². The minimum Gasteiger partial charge on any atom is -0.472 e. The van der Waals surface area contributed by atoms with Crippen molar-refractivity contribution >= 4 is 11.6 Å². The molecule has 0 amide bonds. The molecule has 0 bridgehead atoms. The number of nitrogens with two attached hydrogens (primary N) is 1. The van der Waals surface area contributed by atoms with Gasteiger partial charge in [-0.25, -0.2) is 4.98 Å². The Kier molecular flexibility index (Phi) is 3.28. The highest BCUT2D eigenvalue weighted by molar-refractivity contribution is 6.32.